The van der Waals surface area contributed by atoms with E-state index in [0.717, 1.165) is 35.6 Å². The van der Waals surface area contributed by atoms with Gasteiger partial charge in [-0.3, -0.25) is 9.69 Å². The third-order valence-electron chi connectivity index (χ3n) is 7.22. The third-order valence-corrected chi connectivity index (χ3v) is 7.22. The number of amides is 1. The second kappa shape index (κ2) is 9.90. The molecule has 0 aliphatic carbocycles. The first kappa shape index (κ1) is 23.6. The first-order chi connectivity index (χ1) is 18.0. The molecule has 0 bridgehead atoms. The highest BCUT2D eigenvalue weighted by Gasteiger charge is 2.30. The van der Waals surface area contributed by atoms with Gasteiger partial charge in [0.05, 0.1) is 6.04 Å². The Balaban J connectivity index is 1.30. The zero-order valence-corrected chi connectivity index (χ0v) is 20.8. The monoisotopic (exact) mass is 499 g/mol. The highest BCUT2D eigenvalue weighted by atomic mass is 19.1. The van der Waals surface area contributed by atoms with Gasteiger partial charge >= 0.3 is 0 Å². The van der Waals surface area contributed by atoms with Crippen molar-refractivity contribution in [1.82, 2.24) is 4.90 Å². The van der Waals surface area contributed by atoms with E-state index in [1.807, 2.05) is 30.3 Å². The van der Waals surface area contributed by atoms with Crippen molar-refractivity contribution in [2.45, 2.75) is 25.6 Å². The molecule has 0 spiro atoms. The minimum Gasteiger partial charge on any atom is -0.486 e. The maximum absolute atomic E-state index is 13.9. The number of nitrogens with zero attached hydrogens (tertiary/aromatic N) is 2. The fourth-order valence-electron chi connectivity index (χ4n) is 5.33. The van der Waals surface area contributed by atoms with Crippen molar-refractivity contribution in [1.29, 1.82) is 0 Å². The molecule has 0 saturated carbocycles. The summed E-state index contributed by atoms with van der Waals surface area (Å²) in [7, 11) is 0. The van der Waals surface area contributed by atoms with Crippen LogP contribution in [0.3, 0.4) is 0 Å². The summed E-state index contributed by atoms with van der Waals surface area (Å²) >= 11 is 0. The fourth-order valence-corrected chi connectivity index (χ4v) is 5.33. The van der Waals surface area contributed by atoms with E-state index >= 15 is 0 Å². The number of likely N-dealkylation sites (tertiary alicyclic amines) is 1. The van der Waals surface area contributed by atoms with Crippen molar-refractivity contribution >= 4 is 29.0 Å². The second-order valence-corrected chi connectivity index (χ2v) is 9.81. The van der Waals surface area contributed by atoms with Crippen LogP contribution >= 0.6 is 0 Å². The minimum absolute atomic E-state index is 0.0441. The van der Waals surface area contributed by atoms with Gasteiger partial charge < -0.3 is 19.7 Å². The number of fused-ring (bicyclic) bond motifs is 2. The van der Waals surface area contributed by atoms with Crippen LogP contribution in [0.2, 0.25) is 0 Å². The predicted octanol–water partition coefficient (Wildman–Crippen LogP) is 5.60. The van der Waals surface area contributed by atoms with E-state index in [1.54, 1.807) is 18.2 Å². The molecule has 3 aromatic rings. The number of aryl methyl sites for hydroxylation is 1. The van der Waals surface area contributed by atoms with Gasteiger partial charge in [0.25, 0.3) is 5.91 Å². The van der Waals surface area contributed by atoms with Crippen LogP contribution in [0.5, 0.6) is 11.5 Å². The van der Waals surface area contributed by atoms with Crippen molar-refractivity contribution in [2.24, 2.45) is 0 Å². The van der Waals surface area contributed by atoms with Crippen molar-refractivity contribution in [3.8, 4) is 11.5 Å². The van der Waals surface area contributed by atoms with Crippen LogP contribution in [0.4, 0.5) is 21.5 Å². The summed E-state index contributed by atoms with van der Waals surface area (Å²) in [6.07, 6.45) is 4.19. The van der Waals surface area contributed by atoms with Crippen LogP contribution in [0.1, 0.15) is 27.9 Å². The van der Waals surface area contributed by atoms with E-state index in [4.69, 9.17) is 9.47 Å². The molecule has 1 unspecified atom stereocenters. The lowest BCUT2D eigenvalue weighted by Crippen LogP contribution is -2.41. The van der Waals surface area contributed by atoms with E-state index in [2.05, 4.69) is 46.3 Å². The molecule has 6 rings (SSSR count). The van der Waals surface area contributed by atoms with E-state index in [-0.39, 0.29) is 11.9 Å². The second-order valence-electron chi connectivity index (χ2n) is 9.81. The molecular weight excluding hydrogens is 469 g/mol. The molecule has 1 saturated heterocycles. The summed E-state index contributed by atoms with van der Waals surface area (Å²) in [6, 6.07) is 19.5. The first-order valence-electron chi connectivity index (χ1n) is 12.8. The number of carbonyl (C=O) groups excluding carboxylic acids is 1. The number of halogens is 1. The number of para-hydroxylation sites is 1. The van der Waals surface area contributed by atoms with Crippen LogP contribution < -0.4 is 19.7 Å². The zero-order valence-electron chi connectivity index (χ0n) is 20.8. The number of benzene rings is 3. The number of hydrogen-bond donors (Lipinski definition) is 1. The minimum atomic E-state index is -0.755. The molecule has 0 radical (unpaired) electrons. The molecule has 6 nitrogen and oxygen atoms in total. The van der Waals surface area contributed by atoms with E-state index in [0.29, 0.717) is 48.9 Å². The van der Waals surface area contributed by atoms with Gasteiger partial charge in [0.15, 0.2) is 11.5 Å². The van der Waals surface area contributed by atoms with Crippen molar-refractivity contribution in [3.63, 3.8) is 0 Å². The lowest BCUT2D eigenvalue weighted by atomic mass is 9.99. The Labute approximate surface area is 216 Å². The summed E-state index contributed by atoms with van der Waals surface area (Å²) in [6.45, 7) is 5.03. The number of alkyl halides is 1. The Hall–Kier alpha value is -3.84. The van der Waals surface area contributed by atoms with Crippen molar-refractivity contribution in [2.75, 3.05) is 43.1 Å². The molecule has 3 aromatic carbocycles. The Kier molecular flexibility index (Phi) is 6.30. The normalized spacial score (nSPS) is 20.5. The average Bonchev–Trinajstić information content (AvgIpc) is 3.33. The largest absolute Gasteiger partial charge is 0.486 e. The molecule has 1 N–H and O–H groups in total. The van der Waals surface area contributed by atoms with Gasteiger partial charge in [0, 0.05) is 42.3 Å². The number of hydrogen-bond acceptors (Lipinski definition) is 5. The Bertz CT molecular complexity index is 1360. The van der Waals surface area contributed by atoms with Gasteiger partial charge in [-0.25, -0.2) is 4.39 Å². The summed E-state index contributed by atoms with van der Waals surface area (Å²) in [5.74, 6) is 1.02. The molecule has 0 aromatic heterocycles. The van der Waals surface area contributed by atoms with E-state index in [9.17, 15) is 9.18 Å². The lowest BCUT2D eigenvalue weighted by molar-refractivity contribution is 0.102. The van der Waals surface area contributed by atoms with Gasteiger partial charge in [0.2, 0.25) is 0 Å². The Morgan fingerprint density at radius 2 is 1.86 bits per heavy atom. The summed E-state index contributed by atoms with van der Waals surface area (Å²) in [5, 5.41) is 3.05. The molecular formula is C30H30FN3O3. The number of carbonyl (C=O) groups is 1. The van der Waals surface area contributed by atoms with Crippen LogP contribution in [0.15, 0.2) is 66.7 Å². The van der Waals surface area contributed by atoms with Gasteiger partial charge in [-0.05, 0) is 60.9 Å². The number of nitrogens with one attached hydrogen (secondary N) is 1. The highest BCUT2D eigenvalue weighted by molar-refractivity contribution is 6.05. The number of anilines is 3. The average molecular weight is 500 g/mol. The zero-order chi connectivity index (χ0) is 25.4. The smallest absolute Gasteiger partial charge is 0.255 e. The number of ether oxygens (including phenoxy) is 2. The topological polar surface area (TPSA) is 54.0 Å². The van der Waals surface area contributed by atoms with Crippen LogP contribution in [-0.2, 0) is 0 Å². The van der Waals surface area contributed by atoms with Crippen LogP contribution in [0, 0.1) is 6.92 Å². The standard InChI is InChI=1S/C30H30FN3O3/c1-20-6-9-24(32-30(35)22-8-11-28-29(16-22)37-15-14-36-28)17-27(20)34-25(19-33-13-12-23(31)18-33)10-7-21-4-2-3-5-26(21)34/h2-11,16-17,23,25H,12-15,18-19H2,1H3,(H,32,35)/t23?,25-/m0/s1. The van der Waals surface area contributed by atoms with Gasteiger partial charge in [-0.15, -0.1) is 0 Å². The fraction of sp³-hybridized carbons (Fsp3) is 0.300. The Morgan fingerprint density at radius 3 is 2.70 bits per heavy atom. The molecule has 3 aliphatic rings. The summed E-state index contributed by atoms with van der Waals surface area (Å²) in [5.41, 5.74) is 5.55. The lowest BCUT2D eigenvalue weighted by Gasteiger charge is -2.38. The Morgan fingerprint density at radius 1 is 1.03 bits per heavy atom. The quantitative estimate of drug-likeness (QED) is 0.496. The van der Waals surface area contributed by atoms with Crippen molar-refractivity contribution < 1.29 is 18.7 Å². The summed E-state index contributed by atoms with van der Waals surface area (Å²) in [4.78, 5) is 17.6. The van der Waals surface area contributed by atoms with E-state index < -0.39 is 6.17 Å². The maximum atomic E-state index is 13.9. The molecule has 37 heavy (non-hydrogen) atoms. The molecule has 1 fully saturated rings. The number of rotatable bonds is 5. The maximum Gasteiger partial charge on any atom is 0.255 e. The first-order valence-corrected chi connectivity index (χ1v) is 12.8. The van der Waals surface area contributed by atoms with Gasteiger partial charge in [-0.2, -0.15) is 0 Å². The molecule has 190 valence electrons. The highest BCUT2D eigenvalue weighted by Crippen LogP contribution is 2.39. The molecule has 2 atom stereocenters. The molecule has 3 aliphatic heterocycles. The van der Waals surface area contributed by atoms with Crippen LogP contribution in [0.25, 0.3) is 6.08 Å². The SMILES string of the molecule is Cc1ccc(NC(=O)c2ccc3c(c2)OCCO3)cc1N1c2ccccc2C=C[C@H]1CN1CCC(F)C1. The van der Waals surface area contributed by atoms with Gasteiger partial charge in [0.1, 0.15) is 19.4 Å². The molecule has 3 heterocycles. The molecule has 1 amide bonds. The van der Waals surface area contributed by atoms with E-state index in [1.165, 1.54) is 0 Å². The van der Waals surface area contributed by atoms with Gasteiger partial charge in [-0.1, -0.05) is 36.4 Å². The molecule has 7 heteroatoms. The van der Waals surface area contributed by atoms with Crippen LogP contribution in [-0.4, -0.2) is 55.9 Å². The van der Waals surface area contributed by atoms with Crippen molar-refractivity contribution in [3.05, 3.63) is 83.4 Å². The third kappa shape index (κ3) is 4.79. The predicted molar refractivity (Wildman–Crippen MR) is 144 cm³/mol. The summed E-state index contributed by atoms with van der Waals surface area (Å²) < 4.78 is 25.1.